The van der Waals surface area contributed by atoms with Crippen molar-refractivity contribution in [3.63, 3.8) is 0 Å². The number of thioether (sulfide) groups is 1. The van der Waals surface area contributed by atoms with Gasteiger partial charge in [0.2, 0.25) is 0 Å². The van der Waals surface area contributed by atoms with Gasteiger partial charge in [0.05, 0.1) is 24.9 Å². The first-order chi connectivity index (χ1) is 16.3. The Bertz CT molecular complexity index is 1170. The number of benzene rings is 2. The van der Waals surface area contributed by atoms with Crippen molar-refractivity contribution >= 4 is 34.7 Å². The SMILES string of the molecule is COc1ccc(C=NN=C(N)SCc2ccccc2)cc1Cn1nc(C(F)F)c(Cl)c1C(F)F. The maximum Gasteiger partial charge on any atom is 0.283 e. The first-order valence-corrected chi connectivity index (χ1v) is 11.2. The number of halogens is 5. The van der Waals surface area contributed by atoms with Crippen LogP contribution in [0.5, 0.6) is 5.75 Å². The number of hydrogen-bond acceptors (Lipinski definition) is 5. The second-order valence-electron chi connectivity index (χ2n) is 6.87. The third-order valence-electron chi connectivity index (χ3n) is 4.59. The molecule has 12 heteroatoms. The highest BCUT2D eigenvalue weighted by Gasteiger charge is 2.28. The highest BCUT2D eigenvalue weighted by molar-refractivity contribution is 8.13. The molecule has 3 aromatic rings. The maximum absolute atomic E-state index is 13.5. The Morgan fingerprint density at radius 3 is 2.56 bits per heavy atom. The summed E-state index contributed by atoms with van der Waals surface area (Å²) in [6.07, 6.45) is -4.75. The van der Waals surface area contributed by atoms with E-state index in [1.165, 1.54) is 25.1 Å². The number of alkyl halides is 4. The summed E-state index contributed by atoms with van der Waals surface area (Å²) in [4.78, 5) is 0. The van der Waals surface area contributed by atoms with E-state index >= 15 is 0 Å². The second-order valence-corrected chi connectivity index (χ2v) is 8.25. The van der Waals surface area contributed by atoms with Crippen LogP contribution in [0.15, 0.2) is 58.7 Å². The number of nitrogens with two attached hydrogens (primary N) is 1. The van der Waals surface area contributed by atoms with Crippen LogP contribution >= 0.6 is 23.4 Å². The fraction of sp³-hybridized carbons (Fsp3) is 0.227. The Hall–Kier alpha value is -3.05. The lowest BCUT2D eigenvalue weighted by Crippen LogP contribution is -2.09. The number of hydrogen-bond donors (Lipinski definition) is 1. The fourth-order valence-corrected chi connectivity index (χ4v) is 3.93. The van der Waals surface area contributed by atoms with Gasteiger partial charge in [0, 0.05) is 11.3 Å². The number of amidine groups is 1. The van der Waals surface area contributed by atoms with Gasteiger partial charge in [-0.2, -0.15) is 10.2 Å². The quantitative estimate of drug-likeness (QED) is 0.163. The van der Waals surface area contributed by atoms with Crippen molar-refractivity contribution in [2.24, 2.45) is 15.9 Å². The van der Waals surface area contributed by atoms with E-state index in [0.29, 0.717) is 22.6 Å². The van der Waals surface area contributed by atoms with Crippen molar-refractivity contribution in [1.82, 2.24) is 9.78 Å². The highest BCUT2D eigenvalue weighted by Crippen LogP contribution is 2.35. The van der Waals surface area contributed by atoms with E-state index in [4.69, 9.17) is 22.1 Å². The molecule has 0 atom stereocenters. The van der Waals surface area contributed by atoms with Gasteiger partial charge >= 0.3 is 0 Å². The van der Waals surface area contributed by atoms with Gasteiger partial charge in [0.25, 0.3) is 12.9 Å². The van der Waals surface area contributed by atoms with Crippen molar-refractivity contribution in [1.29, 1.82) is 0 Å². The average Bonchev–Trinajstić information content (AvgIpc) is 3.14. The molecule has 0 aliphatic rings. The molecular weight excluding hydrogens is 494 g/mol. The summed E-state index contributed by atoms with van der Waals surface area (Å²) < 4.78 is 59.2. The van der Waals surface area contributed by atoms with Crippen LogP contribution in [0.25, 0.3) is 0 Å². The zero-order chi connectivity index (χ0) is 24.7. The van der Waals surface area contributed by atoms with Crippen LogP contribution in [-0.2, 0) is 12.3 Å². The van der Waals surface area contributed by atoms with Gasteiger partial charge < -0.3 is 10.5 Å². The third-order valence-corrected chi connectivity index (χ3v) is 5.83. The summed E-state index contributed by atoms with van der Waals surface area (Å²) in [6.45, 7) is -0.269. The molecule has 0 spiro atoms. The van der Waals surface area contributed by atoms with Gasteiger partial charge in [-0.05, 0) is 29.3 Å². The molecule has 0 aliphatic heterocycles. The largest absolute Gasteiger partial charge is 0.496 e. The summed E-state index contributed by atoms with van der Waals surface area (Å²) in [5.74, 6) is 0.988. The predicted octanol–water partition coefficient (Wildman–Crippen LogP) is 6.05. The van der Waals surface area contributed by atoms with Crippen LogP contribution in [0.2, 0.25) is 5.02 Å². The van der Waals surface area contributed by atoms with Crippen LogP contribution in [-0.4, -0.2) is 28.3 Å². The Morgan fingerprint density at radius 1 is 1.18 bits per heavy atom. The van der Waals surface area contributed by atoms with E-state index in [-0.39, 0.29) is 11.7 Å². The molecule has 0 fully saturated rings. The number of nitrogens with zero attached hydrogens (tertiary/aromatic N) is 4. The van der Waals surface area contributed by atoms with E-state index in [2.05, 4.69) is 15.3 Å². The maximum atomic E-state index is 13.5. The zero-order valence-corrected chi connectivity index (χ0v) is 19.4. The standard InChI is InChI=1S/C22H20ClF4N5OS/c1-33-16-8-7-14(10-29-30-22(28)34-12-13-5-3-2-4-6-13)9-15(16)11-32-19(21(26)27)17(23)18(31-32)20(24)25/h2-10,20-21H,11-12H2,1H3,(H2,28,30). The molecule has 0 aliphatic carbocycles. The number of rotatable bonds is 9. The number of aromatic nitrogens is 2. The predicted molar refractivity (Wildman–Crippen MR) is 126 cm³/mol. The van der Waals surface area contributed by atoms with E-state index in [1.54, 1.807) is 18.2 Å². The topological polar surface area (TPSA) is 77.8 Å². The van der Waals surface area contributed by atoms with Crippen molar-refractivity contribution in [2.45, 2.75) is 25.1 Å². The molecule has 0 bridgehead atoms. The molecule has 2 aromatic carbocycles. The summed E-state index contributed by atoms with van der Waals surface area (Å²) in [7, 11) is 1.40. The van der Waals surface area contributed by atoms with Crippen molar-refractivity contribution in [3.8, 4) is 5.75 Å². The molecule has 180 valence electrons. The van der Waals surface area contributed by atoms with Gasteiger partial charge in [0.1, 0.15) is 17.1 Å². The van der Waals surface area contributed by atoms with Crippen LogP contribution in [0.3, 0.4) is 0 Å². The third kappa shape index (κ3) is 6.51. The van der Waals surface area contributed by atoms with Crippen LogP contribution in [0, 0.1) is 0 Å². The molecule has 0 saturated heterocycles. The summed E-state index contributed by atoms with van der Waals surface area (Å²) in [5.41, 5.74) is 6.25. The Kier molecular flexibility index (Phi) is 8.94. The first kappa shape index (κ1) is 25.6. The minimum atomic E-state index is -3.09. The molecular formula is C22H20ClF4N5OS. The lowest BCUT2D eigenvalue weighted by Gasteiger charge is -2.12. The molecule has 1 aromatic heterocycles. The molecule has 2 N–H and O–H groups in total. The van der Waals surface area contributed by atoms with E-state index < -0.39 is 29.3 Å². The summed E-state index contributed by atoms with van der Waals surface area (Å²) in [5, 5.41) is 11.0. The lowest BCUT2D eigenvalue weighted by atomic mass is 10.1. The van der Waals surface area contributed by atoms with Gasteiger partial charge in [-0.25, -0.2) is 17.6 Å². The minimum absolute atomic E-state index is 0.265. The van der Waals surface area contributed by atoms with Gasteiger partial charge in [-0.3, -0.25) is 4.68 Å². The molecule has 3 rings (SSSR count). The van der Waals surface area contributed by atoms with Crippen molar-refractivity contribution in [2.75, 3.05) is 7.11 Å². The second kappa shape index (κ2) is 11.9. The van der Waals surface area contributed by atoms with Gasteiger partial charge in [0.15, 0.2) is 5.17 Å². The number of ether oxygens (including phenoxy) is 1. The zero-order valence-electron chi connectivity index (χ0n) is 17.8. The lowest BCUT2D eigenvalue weighted by molar-refractivity contribution is 0.139. The van der Waals surface area contributed by atoms with E-state index in [0.717, 1.165) is 10.2 Å². The van der Waals surface area contributed by atoms with Crippen molar-refractivity contribution < 1.29 is 22.3 Å². The van der Waals surface area contributed by atoms with Crippen LogP contribution in [0.1, 0.15) is 40.9 Å². The molecule has 34 heavy (non-hydrogen) atoms. The molecule has 0 unspecified atom stereocenters. The smallest absolute Gasteiger partial charge is 0.283 e. The summed E-state index contributed by atoms with van der Waals surface area (Å²) >= 11 is 7.05. The molecule has 0 amide bonds. The normalized spacial score (nSPS) is 12.3. The van der Waals surface area contributed by atoms with Crippen LogP contribution in [0.4, 0.5) is 17.6 Å². The first-order valence-electron chi connectivity index (χ1n) is 9.82. The molecule has 0 saturated carbocycles. The van der Waals surface area contributed by atoms with Gasteiger partial charge in [-0.15, -0.1) is 5.10 Å². The minimum Gasteiger partial charge on any atom is -0.496 e. The molecule has 1 heterocycles. The Labute approximate surface area is 202 Å². The van der Waals surface area contributed by atoms with Crippen LogP contribution < -0.4 is 10.5 Å². The fourth-order valence-electron chi connectivity index (χ4n) is 3.02. The molecule has 0 radical (unpaired) electrons. The van der Waals surface area contributed by atoms with Crippen molar-refractivity contribution in [3.05, 3.63) is 81.6 Å². The average molecular weight is 514 g/mol. The highest BCUT2D eigenvalue weighted by atomic mass is 35.5. The Balaban J connectivity index is 1.78. The number of methoxy groups -OCH3 is 1. The summed E-state index contributed by atoms with van der Waals surface area (Å²) in [6, 6.07) is 14.6. The molecule has 6 nitrogen and oxygen atoms in total. The monoisotopic (exact) mass is 513 g/mol. The van der Waals surface area contributed by atoms with Gasteiger partial charge in [-0.1, -0.05) is 53.7 Å². The Morgan fingerprint density at radius 2 is 1.91 bits per heavy atom. The van der Waals surface area contributed by atoms with E-state index in [1.807, 2.05) is 30.3 Å². The van der Waals surface area contributed by atoms with E-state index in [9.17, 15) is 17.6 Å².